The molecule has 3 saturated heterocycles. The minimum absolute atomic E-state index is 0.0800. The van der Waals surface area contributed by atoms with Gasteiger partial charge in [-0.05, 0) is 151 Å². The fraction of sp³-hybridized carbons (Fsp3) is 0.328. The first kappa shape index (κ1) is 52.1. The number of aromatic amines is 1. The second-order valence-electron chi connectivity index (χ2n) is 21.1. The van der Waals surface area contributed by atoms with Crippen LogP contribution in [0.2, 0.25) is 0 Å². The van der Waals surface area contributed by atoms with Gasteiger partial charge in [0.1, 0.15) is 37.3 Å². The van der Waals surface area contributed by atoms with E-state index in [1.165, 1.54) is 35.9 Å². The number of hydrogen-bond donors (Lipinski definition) is 2. The summed E-state index contributed by atoms with van der Waals surface area (Å²) in [6.07, 6.45) is 9.30. The Bertz CT molecular complexity index is 3280. The Hall–Kier alpha value is -8.00. The molecule has 2 N–H and O–H groups in total. The van der Waals surface area contributed by atoms with Crippen molar-refractivity contribution in [2.24, 2.45) is 0 Å². The molecule has 0 radical (unpaired) electrons. The molecular formula is C64H64F3N5O6. The summed E-state index contributed by atoms with van der Waals surface area (Å²) < 4.78 is 59.7. The number of H-pyrrole nitrogens is 1. The van der Waals surface area contributed by atoms with Crippen LogP contribution in [-0.4, -0.2) is 75.7 Å². The number of carbonyl (C=O) groups is 3. The number of halogens is 3. The summed E-state index contributed by atoms with van der Waals surface area (Å²) in [4.78, 5) is 48.4. The Labute approximate surface area is 453 Å². The molecule has 0 spiro atoms. The first-order valence-corrected chi connectivity index (χ1v) is 27.4. The van der Waals surface area contributed by atoms with Crippen molar-refractivity contribution in [1.82, 2.24) is 19.7 Å². The lowest BCUT2D eigenvalue weighted by atomic mass is 9.84. The monoisotopic (exact) mass is 1060 g/mol. The highest BCUT2D eigenvalue weighted by Gasteiger charge is 2.42. The summed E-state index contributed by atoms with van der Waals surface area (Å²) in [5, 5.41) is 4.50. The van der Waals surface area contributed by atoms with Crippen LogP contribution < -0.4 is 5.32 Å². The molecule has 0 bridgehead atoms. The van der Waals surface area contributed by atoms with Crippen LogP contribution in [0.5, 0.6) is 0 Å². The Kier molecular flexibility index (Phi) is 15.8. The predicted molar refractivity (Wildman–Crippen MR) is 294 cm³/mol. The molecule has 3 fully saturated rings. The molecule has 14 heteroatoms. The molecule has 5 aliphatic rings. The number of fused-ring (bicyclic) bond motifs is 3. The van der Waals surface area contributed by atoms with E-state index in [-0.39, 0.29) is 79.0 Å². The Morgan fingerprint density at radius 1 is 0.551 bits per heavy atom. The summed E-state index contributed by atoms with van der Waals surface area (Å²) in [5.74, 6) is -1.01. The van der Waals surface area contributed by atoms with E-state index in [1.807, 2.05) is 118 Å². The summed E-state index contributed by atoms with van der Waals surface area (Å²) in [6.45, 7) is 2.63. The molecule has 12 rings (SSSR count). The number of hydrogen-bond acceptors (Lipinski definition) is 7. The van der Waals surface area contributed by atoms with Gasteiger partial charge < -0.3 is 39.2 Å². The van der Waals surface area contributed by atoms with E-state index in [9.17, 15) is 27.6 Å². The molecule has 3 amide bonds. The number of anilines is 1. The van der Waals surface area contributed by atoms with Gasteiger partial charge in [-0.1, -0.05) is 109 Å². The predicted octanol–water partition coefficient (Wildman–Crippen LogP) is 14.2. The van der Waals surface area contributed by atoms with E-state index in [0.29, 0.717) is 43.7 Å². The van der Waals surface area contributed by atoms with Crippen molar-refractivity contribution >= 4 is 40.4 Å². The van der Waals surface area contributed by atoms with Crippen LogP contribution in [0.4, 0.5) is 33.2 Å². The number of amides is 3. The number of allylic oxidation sites excluding steroid dienone is 1. The molecule has 11 nitrogen and oxygen atoms in total. The maximum atomic E-state index is 14.7. The van der Waals surface area contributed by atoms with Crippen LogP contribution in [0.1, 0.15) is 108 Å². The summed E-state index contributed by atoms with van der Waals surface area (Å²) in [6, 6.07) is 43.2. The zero-order valence-corrected chi connectivity index (χ0v) is 43.6. The quantitative estimate of drug-likeness (QED) is 0.111. The minimum atomic E-state index is -0.351. The largest absolute Gasteiger partial charge is 0.445 e. The second-order valence-corrected chi connectivity index (χ2v) is 21.1. The average molecular weight is 1060 g/mol. The van der Waals surface area contributed by atoms with Gasteiger partial charge in [-0.3, -0.25) is 0 Å². The molecule has 78 heavy (non-hydrogen) atoms. The van der Waals surface area contributed by atoms with Gasteiger partial charge in [-0.2, -0.15) is 0 Å². The summed E-state index contributed by atoms with van der Waals surface area (Å²) in [5.41, 5.74) is 10.4. The lowest BCUT2D eigenvalue weighted by Crippen LogP contribution is -2.38. The van der Waals surface area contributed by atoms with Crippen LogP contribution in [-0.2, 0) is 46.9 Å². The molecule has 0 saturated carbocycles. The number of rotatable bonds is 13. The van der Waals surface area contributed by atoms with Gasteiger partial charge in [0, 0.05) is 66.0 Å². The molecule has 7 aromatic rings. The molecule has 5 heterocycles. The van der Waals surface area contributed by atoms with Crippen LogP contribution in [0.15, 0.2) is 152 Å². The lowest BCUT2D eigenvalue weighted by molar-refractivity contribution is 0.0890. The zero-order valence-electron chi connectivity index (χ0n) is 43.6. The smallest absolute Gasteiger partial charge is 0.410 e. The van der Waals surface area contributed by atoms with Gasteiger partial charge in [-0.25, -0.2) is 27.6 Å². The van der Waals surface area contributed by atoms with Crippen molar-refractivity contribution < 1.29 is 41.8 Å². The molecule has 1 aromatic heterocycles. The molecular weight excluding hydrogens is 992 g/mol. The number of nitrogens with one attached hydrogen (secondary N) is 2. The number of aromatic nitrogens is 1. The standard InChI is InChI=1S/C42H42F2N4O4.C22H22FNO2/c43-29-15-17-33-35(23-31-13-7-19-47(31)41(49)51-25-27-9-3-1-4-10-27)39(45-37(33)21-29)40-36(34-18-16-30(44)22-38(34)46-40)24-32-14-8-20-48(32)42(50)52-26-28-11-5-2-6-12-28;23-19-10-11-21-17(13-19)8-9-18(21)14-20-7-4-12-24(20)22(25)26-15-16-5-2-1-3-6-16/h1-6,9-12,15-18,21-22,31-32,35,39,45-46H,7-8,13-14,19-20,23-26H2;1-3,5-6,9-11,13,20H,4,7-8,12,14-15H2/t31-,32-,35?,39?;/m0./s1. The lowest BCUT2D eigenvalue weighted by Gasteiger charge is -2.30. The third-order valence-corrected chi connectivity index (χ3v) is 16.2. The molecule has 3 unspecified atom stereocenters. The Morgan fingerprint density at radius 2 is 1.05 bits per heavy atom. The van der Waals surface area contributed by atoms with E-state index in [2.05, 4.69) is 16.4 Å². The van der Waals surface area contributed by atoms with E-state index < -0.39 is 0 Å². The van der Waals surface area contributed by atoms with Crippen molar-refractivity contribution in [1.29, 1.82) is 0 Å². The molecule has 5 atom stereocenters. The normalized spacial score (nSPS) is 20.2. The van der Waals surface area contributed by atoms with Crippen LogP contribution in [0.25, 0.3) is 16.5 Å². The van der Waals surface area contributed by atoms with Gasteiger partial charge in [-0.15, -0.1) is 0 Å². The zero-order chi connectivity index (χ0) is 53.5. The number of benzene rings is 6. The van der Waals surface area contributed by atoms with E-state index in [0.717, 1.165) is 108 Å². The van der Waals surface area contributed by atoms with E-state index >= 15 is 0 Å². The summed E-state index contributed by atoms with van der Waals surface area (Å²) >= 11 is 0. The topological polar surface area (TPSA) is 116 Å². The third-order valence-electron chi connectivity index (χ3n) is 16.2. The third kappa shape index (κ3) is 11.8. The maximum Gasteiger partial charge on any atom is 0.410 e. The fourth-order valence-electron chi connectivity index (χ4n) is 12.4. The van der Waals surface area contributed by atoms with Crippen molar-refractivity contribution in [2.45, 2.75) is 114 Å². The van der Waals surface area contributed by atoms with E-state index in [4.69, 9.17) is 14.2 Å². The molecule has 4 aliphatic heterocycles. The first-order valence-electron chi connectivity index (χ1n) is 27.4. The highest BCUT2D eigenvalue weighted by atomic mass is 19.1. The van der Waals surface area contributed by atoms with Crippen LogP contribution in [0.3, 0.4) is 0 Å². The van der Waals surface area contributed by atoms with Crippen molar-refractivity contribution in [3.63, 3.8) is 0 Å². The number of ether oxygens (including phenoxy) is 3. The average Bonchev–Trinajstić information content (AvgIpc) is 4.49. The van der Waals surface area contributed by atoms with Gasteiger partial charge in [0.2, 0.25) is 0 Å². The van der Waals surface area contributed by atoms with Gasteiger partial charge in [0.25, 0.3) is 0 Å². The number of carbonyl (C=O) groups excluding carboxylic acids is 3. The highest BCUT2D eigenvalue weighted by Crippen LogP contribution is 2.50. The highest BCUT2D eigenvalue weighted by molar-refractivity contribution is 5.86. The Morgan fingerprint density at radius 3 is 1.64 bits per heavy atom. The first-order chi connectivity index (χ1) is 38.1. The SMILES string of the molecule is O=C(OCc1ccccc1)N1CCCC1CC1=CCc2cc(F)ccc21.O=C(OCc1ccccc1)N1CCC[C@H]1Cc1c(C2Nc3cc(F)ccc3C2C[C@@H]2CCCN2C(=O)OCc2ccccc2)[nH]c2cc(F)ccc12. The van der Waals surface area contributed by atoms with Crippen molar-refractivity contribution in [3.8, 4) is 0 Å². The van der Waals surface area contributed by atoms with E-state index in [1.54, 1.807) is 12.1 Å². The van der Waals surface area contributed by atoms with Gasteiger partial charge in [0.05, 0.1) is 6.04 Å². The van der Waals surface area contributed by atoms with Crippen molar-refractivity contribution in [3.05, 3.63) is 214 Å². The molecule has 6 aromatic carbocycles. The van der Waals surface area contributed by atoms with Crippen molar-refractivity contribution in [2.75, 3.05) is 25.0 Å². The number of likely N-dealkylation sites (tertiary alicyclic amines) is 3. The number of nitrogens with zero attached hydrogens (tertiary/aromatic N) is 3. The summed E-state index contributed by atoms with van der Waals surface area (Å²) in [7, 11) is 0. The molecule has 1 aliphatic carbocycles. The fourth-order valence-corrected chi connectivity index (χ4v) is 12.4. The molecule has 402 valence electrons. The van der Waals surface area contributed by atoms with Crippen LogP contribution in [0, 0.1) is 17.5 Å². The minimum Gasteiger partial charge on any atom is -0.445 e. The second kappa shape index (κ2) is 23.7. The van der Waals surface area contributed by atoms with Crippen LogP contribution >= 0.6 is 0 Å². The van der Waals surface area contributed by atoms with Gasteiger partial charge in [0.15, 0.2) is 0 Å². The maximum absolute atomic E-state index is 14.7. The van der Waals surface area contributed by atoms with Gasteiger partial charge >= 0.3 is 18.3 Å². The Balaban J connectivity index is 0.000000207.